The van der Waals surface area contributed by atoms with E-state index in [1.807, 2.05) is 23.1 Å². The van der Waals surface area contributed by atoms with E-state index in [4.69, 9.17) is 0 Å². The van der Waals surface area contributed by atoms with Crippen molar-refractivity contribution in [2.75, 3.05) is 32.5 Å². The predicted molar refractivity (Wildman–Crippen MR) is 94.7 cm³/mol. The van der Waals surface area contributed by atoms with Crippen molar-refractivity contribution in [2.24, 2.45) is 11.8 Å². The number of aryl methyl sites for hydroxylation is 1. The van der Waals surface area contributed by atoms with Gasteiger partial charge in [-0.3, -0.25) is 0 Å². The molecular formula is C19H29N3O. The summed E-state index contributed by atoms with van der Waals surface area (Å²) in [6.07, 6.45) is 4.60. The van der Waals surface area contributed by atoms with Gasteiger partial charge in [-0.25, -0.2) is 4.79 Å². The minimum atomic E-state index is 0.0719. The Morgan fingerprint density at radius 2 is 1.87 bits per heavy atom. The molecule has 1 aliphatic heterocycles. The number of fused-ring (bicyclic) bond motifs is 2. The minimum absolute atomic E-state index is 0.0719. The van der Waals surface area contributed by atoms with E-state index in [0.29, 0.717) is 17.9 Å². The molecule has 2 aliphatic rings. The molecule has 126 valence electrons. The Morgan fingerprint density at radius 3 is 2.48 bits per heavy atom. The Bertz CT molecular complexity index is 543. The highest BCUT2D eigenvalue weighted by atomic mass is 16.2. The van der Waals surface area contributed by atoms with Gasteiger partial charge in [0.05, 0.1) is 0 Å². The fraction of sp³-hybridized carbons (Fsp3) is 0.632. The molecule has 1 saturated carbocycles. The third kappa shape index (κ3) is 3.37. The van der Waals surface area contributed by atoms with Crippen LogP contribution in [0.4, 0.5) is 10.5 Å². The number of hydrogen-bond donors (Lipinski definition) is 1. The van der Waals surface area contributed by atoms with E-state index in [2.05, 4.69) is 37.3 Å². The standard InChI is InChI=1S/C19H29N3O/c1-4-7-14-8-5-6-9-17(14)20-19(23)22-12-15-10-11-16(13-22)18(15)21(2)3/h5-6,8-9,15-16,18H,4,7,10-13H2,1-3H3,(H,20,23)/t15-,16+,18?. The molecule has 1 aliphatic carbocycles. The molecule has 1 N–H and O–H groups in total. The zero-order valence-electron chi connectivity index (χ0n) is 14.6. The van der Waals surface area contributed by atoms with Gasteiger partial charge in [0.1, 0.15) is 0 Å². The van der Waals surface area contributed by atoms with Gasteiger partial charge >= 0.3 is 6.03 Å². The van der Waals surface area contributed by atoms with Gasteiger partial charge in [-0.2, -0.15) is 0 Å². The number of hydrogen-bond acceptors (Lipinski definition) is 2. The number of nitrogens with zero attached hydrogens (tertiary/aromatic N) is 2. The third-order valence-corrected chi connectivity index (χ3v) is 5.45. The average Bonchev–Trinajstić information content (AvgIpc) is 2.80. The maximum absolute atomic E-state index is 12.7. The number of anilines is 1. The summed E-state index contributed by atoms with van der Waals surface area (Å²) < 4.78 is 0. The number of rotatable bonds is 4. The predicted octanol–water partition coefficient (Wildman–Crippen LogP) is 3.44. The summed E-state index contributed by atoms with van der Waals surface area (Å²) in [5, 5.41) is 3.15. The number of likely N-dealkylation sites (tertiary alicyclic amines) is 1. The zero-order valence-corrected chi connectivity index (χ0v) is 14.6. The lowest BCUT2D eigenvalue weighted by Gasteiger charge is -2.41. The quantitative estimate of drug-likeness (QED) is 0.924. The molecule has 1 saturated heterocycles. The van der Waals surface area contributed by atoms with Gasteiger partial charge in [-0.1, -0.05) is 31.5 Å². The summed E-state index contributed by atoms with van der Waals surface area (Å²) in [7, 11) is 4.35. The number of urea groups is 1. The summed E-state index contributed by atoms with van der Waals surface area (Å²) >= 11 is 0. The fourth-order valence-corrected chi connectivity index (χ4v) is 4.53. The van der Waals surface area contributed by atoms with Crippen molar-refractivity contribution in [3.05, 3.63) is 29.8 Å². The Balaban J connectivity index is 1.66. The monoisotopic (exact) mass is 315 g/mol. The average molecular weight is 315 g/mol. The van der Waals surface area contributed by atoms with E-state index in [-0.39, 0.29) is 6.03 Å². The Kier molecular flexibility index (Phi) is 4.90. The second-order valence-corrected chi connectivity index (χ2v) is 7.29. The SMILES string of the molecule is CCCc1ccccc1NC(=O)N1C[C@H]2CC[C@@H](C1)C2N(C)C. The van der Waals surface area contributed by atoms with Crippen LogP contribution in [0.15, 0.2) is 24.3 Å². The maximum atomic E-state index is 12.7. The van der Waals surface area contributed by atoms with Gasteiger partial charge in [0, 0.05) is 24.8 Å². The topological polar surface area (TPSA) is 35.6 Å². The Morgan fingerprint density at radius 1 is 1.22 bits per heavy atom. The second-order valence-electron chi connectivity index (χ2n) is 7.29. The molecule has 2 fully saturated rings. The first-order valence-corrected chi connectivity index (χ1v) is 8.90. The van der Waals surface area contributed by atoms with Crippen molar-refractivity contribution in [3.8, 4) is 0 Å². The van der Waals surface area contributed by atoms with E-state index in [0.717, 1.165) is 31.6 Å². The molecule has 3 rings (SSSR count). The van der Waals surface area contributed by atoms with E-state index >= 15 is 0 Å². The molecule has 1 unspecified atom stereocenters. The van der Waals surface area contributed by atoms with Crippen LogP contribution in [0, 0.1) is 11.8 Å². The van der Waals surface area contributed by atoms with E-state index in [1.165, 1.54) is 18.4 Å². The van der Waals surface area contributed by atoms with Crippen LogP contribution in [0.2, 0.25) is 0 Å². The van der Waals surface area contributed by atoms with Crippen molar-refractivity contribution in [1.29, 1.82) is 0 Å². The van der Waals surface area contributed by atoms with Gasteiger partial charge in [0.25, 0.3) is 0 Å². The number of benzene rings is 1. The van der Waals surface area contributed by atoms with E-state index in [9.17, 15) is 4.79 Å². The van der Waals surface area contributed by atoms with Crippen molar-refractivity contribution in [3.63, 3.8) is 0 Å². The number of carbonyl (C=O) groups excluding carboxylic acids is 1. The molecule has 1 heterocycles. The van der Waals surface area contributed by atoms with Crippen molar-refractivity contribution < 1.29 is 4.79 Å². The molecule has 4 heteroatoms. The molecular weight excluding hydrogens is 286 g/mol. The molecule has 0 spiro atoms. The first kappa shape index (κ1) is 16.3. The highest BCUT2D eigenvalue weighted by Crippen LogP contribution is 2.39. The summed E-state index contributed by atoms with van der Waals surface area (Å²) in [6, 6.07) is 8.89. The number of piperidine rings is 1. The lowest BCUT2D eigenvalue weighted by Crippen LogP contribution is -2.53. The van der Waals surface area contributed by atoms with Gasteiger partial charge in [-0.15, -0.1) is 0 Å². The lowest BCUT2D eigenvalue weighted by atomic mass is 9.91. The summed E-state index contributed by atoms with van der Waals surface area (Å²) in [6.45, 7) is 3.95. The molecule has 2 amide bonds. The third-order valence-electron chi connectivity index (χ3n) is 5.45. The normalized spacial score (nSPS) is 26.6. The molecule has 1 aromatic rings. The highest BCUT2D eigenvalue weighted by molar-refractivity contribution is 5.90. The first-order chi connectivity index (χ1) is 11.1. The first-order valence-electron chi connectivity index (χ1n) is 8.90. The summed E-state index contributed by atoms with van der Waals surface area (Å²) in [5.41, 5.74) is 2.20. The zero-order chi connectivity index (χ0) is 16.4. The number of carbonyl (C=O) groups is 1. The van der Waals surface area contributed by atoms with Crippen molar-refractivity contribution in [2.45, 2.75) is 38.6 Å². The van der Waals surface area contributed by atoms with Crippen LogP contribution in [0.5, 0.6) is 0 Å². The molecule has 23 heavy (non-hydrogen) atoms. The highest BCUT2D eigenvalue weighted by Gasteiger charge is 2.44. The summed E-state index contributed by atoms with van der Waals surface area (Å²) in [4.78, 5) is 17.1. The van der Waals surface area contributed by atoms with Gasteiger partial charge < -0.3 is 15.1 Å². The summed E-state index contributed by atoms with van der Waals surface area (Å²) in [5.74, 6) is 1.25. The molecule has 1 aromatic carbocycles. The number of amides is 2. The molecule has 3 atom stereocenters. The molecule has 2 bridgehead atoms. The minimum Gasteiger partial charge on any atom is -0.324 e. The number of nitrogens with one attached hydrogen (secondary N) is 1. The van der Waals surface area contributed by atoms with E-state index < -0.39 is 0 Å². The number of para-hydroxylation sites is 1. The van der Waals surface area contributed by atoms with Crippen molar-refractivity contribution >= 4 is 11.7 Å². The van der Waals surface area contributed by atoms with E-state index in [1.54, 1.807) is 0 Å². The van der Waals surface area contributed by atoms with Crippen LogP contribution >= 0.6 is 0 Å². The smallest absolute Gasteiger partial charge is 0.321 e. The van der Waals surface area contributed by atoms with Crippen molar-refractivity contribution in [1.82, 2.24) is 9.80 Å². The molecule has 4 nitrogen and oxygen atoms in total. The Hall–Kier alpha value is -1.55. The maximum Gasteiger partial charge on any atom is 0.321 e. The Labute approximate surface area is 139 Å². The van der Waals surface area contributed by atoms with Crippen LogP contribution in [-0.2, 0) is 6.42 Å². The van der Waals surface area contributed by atoms with Crippen LogP contribution in [0.1, 0.15) is 31.7 Å². The van der Waals surface area contributed by atoms with Gasteiger partial charge in [-0.05, 0) is 56.8 Å². The van der Waals surface area contributed by atoms with Crippen LogP contribution in [0.3, 0.4) is 0 Å². The molecule has 0 radical (unpaired) electrons. The van der Waals surface area contributed by atoms with Crippen LogP contribution < -0.4 is 5.32 Å². The van der Waals surface area contributed by atoms with Crippen LogP contribution in [-0.4, -0.2) is 49.1 Å². The van der Waals surface area contributed by atoms with Crippen LogP contribution in [0.25, 0.3) is 0 Å². The second kappa shape index (κ2) is 6.91. The molecule has 0 aromatic heterocycles. The fourth-order valence-electron chi connectivity index (χ4n) is 4.53. The lowest BCUT2D eigenvalue weighted by molar-refractivity contribution is 0.0953. The van der Waals surface area contributed by atoms with Gasteiger partial charge in [0.2, 0.25) is 0 Å². The van der Waals surface area contributed by atoms with Gasteiger partial charge in [0.15, 0.2) is 0 Å². The largest absolute Gasteiger partial charge is 0.324 e.